The van der Waals surface area contributed by atoms with Crippen LogP contribution in [0.15, 0.2) is 83.0 Å². The van der Waals surface area contributed by atoms with Gasteiger partial charge in [0.15, 0.2) is 0 Å². The van der Waals surface area contributed by atoms with Crippen molar-refractivity contribution in [1.29, 1.82) is 0 Å². The Morgan fingerprint density at radius 3 is 2.40 bits per heavy atom. The number of hydrogen-bond donors (Lipinski definition) is 1. The highest BCUT2D eigenvalue weighted by atomic mass is 16.5. The average Bonchev–Trinajstić information content (AvgIpc) is 3.40. The molecule has 1 unspecified atom stereocenters. The molecule has 1 aliphatic heterocycles. The maximum Gasteiger partial charge on any atom is 0.300 e. The van der Waals surface area contributed by atoms with E-state index in [1.807, 2.05) is 13.0 Å². The van der Waals surface area contributed by atoms with Gasteiger partial charge in [-0.05, 0) is 55.0 Å². The Morgan fingerprint density at radius 1 is 1.03 bits per heavy atom. The zero-order valence-electron chi connectivity index (χ0n) is 16.4. The number of amides is 1. The smallest absolute Gasteiger partial charge is 0.300 e. The lowest BCUT2D eigenvalue weighted by atomic mass is 9.99. The Labute approximate surface area is 174 Å². The van der Waals surface area contributed by atoms with E-state index in [4.69, 9.17) is 9.15 Å². The van der Waals surface area contributed by atoms with Gasteiger partial charge in [-0.15, -0.1) is 0 Å². The molecule has 3 aromatic rings. The number of carbonyl (C=O) groups is 2. The molecule has 152 valence electrons. The molecule has 1 amide bonds. The van der Waals surface area contributed by atoms with Gasteiger partial charge < -0.3 is 14.3 Å². The van der Waals surface area contributed by atoms with E-state index >= 15 is 0 Å². The molecule has 1 aliphatic rings. The summed E-state index contributed by atoms with van der Waals surface area (Å²) in [5.41, 5.74) is 0.950. The second-order valence-electron chi connectivity index (χ2n) is 6.89. The minimum Gasteiger partial charge on any atom is -0.507 e. The van der Waals surface area contributed by atoms with Crippen molar-refractivity contribution in [3.05, 3.63) is 89.9 Å². The van der Waals surface area contributed by atoms with Crippen LogP contribution in [-0.2, 0) is 9.59 Å². The van der Waals surface area contributed by atoms with Crippen molar-refractivity contribution in [3.8, 4) is 5.75 Å². The third-order valence-corrected chi connectivity index (χ3v) is 4.89. The fourth-order valence-electron chi connectivity index (χ4n) is 3.49. The molecule has 1 saturated heterocycles. The van der Waals surface area contributed by atoms with Gasteiger partial charge in [0, 0.05) is 11.3 Å². The van der Waals surface area contributed by atoms with Gasteiger partial charge >= 0.3 is 0 Å². The molecule has 2 heterocycles. The average molecular weight is 403 g/mol. The Balaban J connectivity index is 1.80. The summed E-state index contributed by atoms with van der Waals surface area (Å²) in [5.74, 6) is -0.672. The van der Waals surface area contributed by atoms with E-state index in [2.05, 4.69) is 0 Å². The van der Waals surface area contributed by atoms with Crippen LogP contribution in [-0.4, -0.2) is 23.4 Å². The third-order valence-electron chi connectivity index (χ3n) is 4.89. The van der Waals surface area contributed by atoms with Crippen LogP contribution in [0.3, 0.4) is 0 Å². The van der Waals surface area contributed by atoms with Crippen LogP contribution >= 0.6 is 0 Å². The van der Waals surface area contributed by atoms with Crippen molar-refractivity contribution < 1.29 is 23.8 Å². The first-order valence-electron chi connectivity index (χ1n) is 9.74. The number of furan rings is 1. The van der Waals surface area contributed by atoms with E-state index in [0.717, 1.165) is 6.42 Å². The molecule has 0 saturated carbocycles. The number of carbonyl (C=O) groups excluding carboxylic acids is 2. The lowest BCUT2D eigenvalue weighted by Gasteiger charge is -2.23. The van der Waals surface area contributed by atoms with Gasteiger partial charge in [0.25, 0.3) is 11.7 Å². The molecule has 6 heteroatoms. The number of rotatable bonds is 6. The molecule has 1 fully saturated rings. The zero-order chi connectivity index (χ0) is 21.1. The largest absolute Gasteiger partial charge is 0.507 e. The summed E-state index contributed by atoms with van der Waals surface area (Å²) in [5, 5.41) is 11.0. The first kappa shape index (κ1) is 19.5. The molecule has 6 nitrogen and oxygen atoms in total. The second-order valence-corrected chi connectivity index (χ2v) is 6.89. The monoisotopic (exact) mass is 403 g/mol. The standard InChI is InChI=1S/C24H21NO5/c1-2-14-29-18-12-10-16(11-13-18)22(26)20-21(19-9-6-15-30-19)25(24(28)23(20)27)17-7-4-3-5-8-17/h3-13,15,21,26H,2,14H2,1H3/b22-20-. The molecule has 1 atom stereocenters. The number of ether oxygens (including phenoxy) is 1. The highest BCUT2D eigenvalue weighted by Crippen LogP contribution is 2.42. The van der Waals surface area contributed by atoms with Crippen molar-refractivity contribution in [3.63, 3.8) is 0 Å². The Bertz CT molecular complexity index is 1070. The van der Waals surface area contributed by atoms with Gasteiger partial charge in [0.1, 0.15) is 23.3 Å². The van der Waals surface area contributed by atoms with Gasteiger partial charge in [-0.25, -0.2) is 0 Å². The van der Waals surface area contributed by atoms with Crippen LogP contribution in [0.25, 0.3) is 5.76 Å². The van der Waals surface area contributed by atoms with Crippen molar-refractivity contribution in [1.82, 2.24) is 0 Å². The minimum atomic E-state index is -0.863. The van der Waals surface area contributed by atoms with Crippen LogP contribution in [0, 0.1) is 0 Å². The van der Waals surface area contributed by atoms with E-state index in [-0.39, 0.29) is 11.3 Å². The summed E-state index contributed by atoms with van der Waals surface area (Å²) in [6.07, 6.45) is 2.36. The van der Waals surface area contributed by atoms with Crippen molar-refractivity contribution in [2.75, 3.05) is 11.5 Å². The van der Waals surface area contributed by atoms with E-state index in [1.165, 1.54) is 11.2 Å². The molecule has 1 N–H and O–H groups in total. The number of anilines is 1. The fraction of sp³-hybridized carbons (Fsp3) is 0.167. The van der Waals surface area contributed by atoms with Gasteiger partial charge in [-0.3, -0.25) is 14.5 Å². The first-order valence-corrected chi connectivity index (χ1v) is 9.74. The minimum absolute atomic E-state index is 0.0129. The predicted octanol–water partition coefficient (Wildman–Crippen LogP) is 4.69. The summed E-state index contributed by atoms with van der Waals surface area (Å²) in [6, 6.07) is 18.1. The number of benzene rings is 2. The summed E-state index contributed by atoms with van der Waals surface area (Å²) < 4.78 is 11.1. The number of aliphatic hydroxyl groups excluding tert-OH is 1. The summed E-state index contributed by atoms with van der Waals surface area (Å²) >= 11 is 0. The number of hydrogen-bond acceptors (Lipinski definition) is 5. The second kappa shape index (κ2) is 8.29. The molecule has 2 aromatic carbocycles. The molecule has 0 radical (unpaired) electrons. The molecule has 0 bridgehead atoms. The molecule has 30 heavy (non-hydrogen) atoms. The van der Waals surface area contributed by atoms with Crippen molar-refractivity contribution in [2.45, 2.75) is 19.4 Å². The topological polar surface area (TPSA) is 80.0 Å². The highest BCUT2D eigenvalue weighted by Gasteiger charge is 2.48. The predicted molar refractivity (Wildman–Crippen MR) is 112 cm³/mol. The van der Waals surface area contributed by atoms with Gasteiger partial charge in [0.05, 0.1) is 18.4 Å². The van der Waals surface area contributed by atoms with Gasteiger partial charge in [-0.2, -0.15) is 0 Å². The lowest BCUT2D eigenvalue weighted by molar-refractivity contribution is -0.132. The highest BCUT2D eigenvalue weighted by molar-refractivity contribution is 6.51. The number of nitrogens with zero attached hydrogens (tertiary/aromatic N) is 1. The van der Waals surface area contributed by atoms with E-state index in [1.54, 1.807) is 60.7 Å². The maximum atomic E-state index is 12.9. The molecule has 4 rings (SSSR count). The third kappa shape index (κ3) is 3.48. The summed E-state index contributed by atoms with van der Waals surface area (Å²) in [4.78, 5) is 27.2. The van der Waals surface area contributed by atoms with E-state index < -0.39 is 17.7 Å². The Morgan fingerprint density at radius 2 is 1.77 bits per heavy atom. The quantitative estimate of drug-likeness (QED) is 0.367. The molecule has 0 spiro atoms. The normalized spacial score (nSPS) is 18.0. The number of para-hydroxylation sites is 1. The first-order chi connectivity index (χ1) is 14.6. The number of Topliss-reactive ketones (excluding diaryl/α,β-unsaturated/α-hetero) is 1. The molecule has 1 aromatic heterocycles. The summed E-state index contributed by atoms with van der Waals surface area (Å²) in [7, 11) is 0. The van der Waals surface area contributed by atoms with Gasteiger partial charge in [-0.1, -0.05) is 25.1 Å². The van der Waals surface area contributed by atoms with E-state index in [9.17, 15) is 14.7 Å². The van der Waals surface area contributed by atoms with E-state index in [0.29, 0.717) is 29.4 Å². The van der Waals surface area contributed by atoms with Crippen LogP contribution in [0.1, 0.15) is 30.7 Å². The van der Waals surface area contributed by atoms with Gasteiger partial charge in [0.2, 0.25) is 0 Å². The lowest BCUT2D eigenvalue weighted by Crippen LogP contribution is -2.29. The molecule has 0 aliphatic carbocycles. The Hall–Kier alpha value is -3.80. The van der Waals surface area contributed by atoms with Crippen LogP contribution < -0.4 is 9.64 Å². The zero-order valence-corrected chi connectivity index (χ0v) is 16.4. The summed E-state index contributed by atoms with van der Waals surface area (Å²) in [6.45, 7) is 2.60. The van der Waals surface area contributed by atoms with Crippen molar-refractivity contribution in [2.24, 2.45) is 0 Å². The Kier molecular flexibility index (Phi) is 5.39. The SMILES string of the molecule is CCCOc1ccc(/C(O)=C2/C(=O)C(=O)N(c3ccccc3)C2c2ccco2)cc1. The number of ketones is 1. The number of aliphatic hydroxyl groups is 1. The van der Waals surface area contributed by atoms with Crippen LogP contribution in [0.4, 0.5) is 5.69 Å². The fourth-order valence-corrected chi connectivity index (χ4v) is 3.49. The van der Waals surface area contributed by atoms with Crippen LogP contribution in [0.2, 0.25) is 0 Å². The van der Waals surface area contributed by atoms with Crippen molar-refractivity contribution >= 4 is 23.1 Å². The molecular formula is C24H21NO5. The molecular weight excluding hydrogens is 382 g/mol. The maximum absolute atomic E-state index is 12.9. The van der Waals surface area contributed by atoms with Crippen LogP contribution in [0.5, 0.6) is 5.75 Å².